The zero-order valence-corrected chi connectivity index (χ0v) is 18.8. The van der Waals surface area contributed by atoms with E-state index in [9.17, 15) is 4.79 Å². The molecule has 3 aromatic carbocycles. The largest absolute Gasteiger partial charge is 0.493 e. The van der Waals surface area contributed by atoms with Gasteiger partial charge in [-0.15, -0.1) is 0 Å². The van der Waals surface area contributed by atoms with Crippen molar-refractivity contribution in [1.29, 1.82) is 0 Å². The molecule has 164 valence electrons. The Balaban J connectivity index is 1.61. The molecule has 0 spiro atoms. The summed E-state index contributed by atoms with van der Waals surface area (Å²) < 4.78 is 12.7. The van der Waals surface area contributed by atoms with Crippen molar-refractivity contribution in [1.82, 2.24) is 14.9 Å². The number of benzene rings is 3. The Kier molecular flexibility index (Phi) is 6.12. The van der Waals surface area contributed by atoms with Crippen LogP contribution in [0.2, 0.25) is 0 Å². The van der Waals surface area contributed by atoms with Gasteiger partial charge in [0.1, 0.15) is 5.82 Å². The van der Waals surface area contributed by atoms with Crippen LogP contribution in [0.4, 0.5) is 0 Å². The number of imidazole rings is 1. The summed E-state index contributed by atoms with van der Waals surface area (Å²) in [6.07, 6.45) is 0. The highest BCUT2D eigenvalue weighted by molar-refractivity contribution is 5.94. The maximum absolute atomic E-state index is 12.8. The zero-order chi connectivity index (χ0) is 22.7. The fraction of sp³-hybridized carbons (Fsp3) is 0.231. The fourth-order valence-corrected chi connectivity index (χ4v) is 3.82. The van der Waals surface area contributed by atoms with E-state index < -0.39 is 0 Å². The van der Waals surface area contributed by atoms with Gasteiger partial charge in [0.2, 0.25) is 0 Å². The van der Waals surface area contributed by atoms with Crippen LogP contribution < -0.4 is 14.8 Å². The normalized spacial score (nSPS) is 10.9. The molecule has 1 amide bonds. The highest BCUT2D eigenvalue weighted by Crippen LogP contribution is 2.27. The Hall–Kier alpha value is -3.80. The first-order valence-electron chi connectivity index (χ1n) is 10.5. The summed E-state index contributed by atoms with van der Waals surface area (Å²) in [5.74, 6) is 1.71. The van der Waals surface area contributed by atoms with E-state index in [0.717, 1.165) is 16.9 Å². The van der Waals surface area contributed by atoms with Gasteiger partial charge in [0.05, 0.1) is 31.8 Å². The maximum atomic E-state index is 12.8. The van der Waals surface area contributed by atoms with Gasteiger partial charge in [0, 0.05) is 12.1 Å². The molecule has 0 aliphatic carbocycles. The minimum absolute atomic E-state index is 0.198. The smallest absolute Gasteiger partial charge is 0.251 e. The van der Waals surface area contributed by atoms with E-state index in [1.54, 1.807) is 32.4 Å². The number of hydrogen-bond donors (Lipinski definition) is 1. The van der Waals surface area contributed by atoms with Crippen LogP contribution in [0.15, 0.2) is 60.7 Å². The van der Waals surface area contributed by atoms with Crippen molar-refractivity contribution in [3.05, 3.63) is 88.7 Å². The van der Waals surface area contributed by atoms with E-state index in [2.05, 4.69) is 48.0 Å². The Bertz CT molecular complexity index is 1280. The van der Waals surface area contributed by atoms with Gasteiger partial charge in [-0.2, -0.15) is 0 Å². The third-order valence-electron chi connectivity index (χ3n) is 5.62. The molecule has 0 fully saturated rings. The standard InChI is InChI=1S/C26H27N3O3/c1-17-9-10-18(2)20(13-17)16-29-22-8-6-5-7-21(22)28-25(29)15-27-26(30)19-11-12-23(31-3)24(14-19)32-4/h5-14H,15-16H2,1-4H3,(H,27,30). The van der Waals surface area contributed by atoms with Crippen LogP contribution in [0.3, 0.4) is 0 Å². The average molecular weight is 430 g/mol. The SMILES string of the molecule is COc1ccc(C(=O)NCc2nc3ccccc3n2Cc2cc(C)ccc2C)cc1OC. The summed E-state index contributed by atoms with van der Waals surface area (Å²) in [6.45, 7) is 5.22. The lowest BCUT2D eigenvalue weighted by molar-refractivity contribution is 0.0949. The zero-order valence-electron chi connectivity index (χ0n) is 18.8. The molecule has 0 saturated carbocycles. The number of fused-ring (bicyclic) bond motifs is 1. The number of para-hydroxylation sites is 2. The molecule has 0 aliphatic heterocycles. The average Bonchev–Trinajstić information content (AvgIpc) is 3.16. The second-order valence-electron chi connectivity index (χ2n) is 7.79. The van der Waals surface area contributed by atoms with E-state index in [-0.39, 0.29) is 5.91 Å². The molecule has 4 rings (SSSR count). The second-order valence-corrected chi connectivity index (χ2v) is 7.79. The van der Waals surface area contributed by atoms with Gasteiger partial charge < -0.3 is 19.4 Å². The molecular formula is C26H27N3O3. The summed E-state index contributed by atoms with van der Waals surface area (Å²) in [4.78, 5) is 17.6. The number of amides is 1. The number of hydrogen-bond acceptors (Lipinski definition) is 4. The summed E-state index contributed by atoms with van der Waals surface area (Å²) in [5.41, 5.74) is 6.14. The third kappa shape index (κ3) is 4.30. The Morgan fingerprint density at radius 2 is 1.75 bits per heavy atom. The van der Waals surface area contributed by atoms with E-state index >= 15 is 0 Å². The molecule has 6 nitrogen and oxygen atoms in total. The number of ether oxygens (including phenoxy) is 2. The lowest BCUT2D eigenvalue weighted by Crippen LogP contribution is -2.25. The number of aryl methyl sites for hydroxylation is 2. The molecule has 0 atom stereocenters. The van der Waals surface area contributed by atoms with E-state index in [1.165, 1.54) is 16.7 Å². The lowest BCUT2D eigenvalue weighted by atomic mass is 10.1. The Morgan fingerprint density at radius 1 is 0.969 bits per heavy atom. The molecule has 1 aromatic heterocycles. The molecule has 1 N–H and O–H groups in total. The fourth-order valence-electron chi connectivity index (χ4n) is 3.82. The van der Waals surface area contributed by atoms with Crippen molar-refractivity contribution in [2.24, 2.45) is 0 Å². The molecule has 4 aromatic rings. The van der Waals surface area contributed by atoms with Crippen LogP contribution in [-0.2, 0) is 13.1 Å². The quantitative estimate of drug-likeness (QED) is 0.465. The number of methoxy groups -OCH3 is 2. The number of nitrogens with one attached hydrogen (secondary N) is 1. The summed E-state index contributed by atoms with van der Waals surface area (Å²) in [5, 5.41) is 3.00. The van der Waals surface area contributed by atoms with Crippen molar-refractivity contribution >= 4 is 16.9 Å². The summed E-state index contributed by atoms with van der Waals surface area (Å²) in [7, 11) is 3.12. The Labute approximate surface area is 187 Å². The molecule has 0 bridgehead atoms. The van der Waals surface area contributed by atoms with Crippen molar-refractivity contribution in [3.63, 3.8) is 0 Å². The van der Waals surface area contributed by atoms with Gasteiger partial charge in [-0.25, -0.2) is 4.98 Å². The summed E-state index contributed by atoms with van der Waals surface area (Å²) in [6, 6.07) is 19.6. The van der Waals surface area contributed by atoms with E-state index in [0.29, 0.717) is 30.2 Å². The Morgan fingerprint density at radius 3 is 2.53 bits per heavy atom. The van der Waals surface area contributed by atoms with Crippen LogP contribution in [0.1, 0.15) is 32.9 Å². The second kappa shape index (κ2) is 9.14. The van der Waals surface area contributed by atoms with Gasteiger partial charge >= 0.3 is 0 Å². The number of carbonyl (C=O) groups is 1. The number of nitrogens with zero attached hydrogens (tertiary/aromatic N) is 2. The summed E-state index contributed by atoms with van der Waals surface area (Å²) >= 11 is 0. The number of aromatic nitrogens is 2. The van der Waals surface area contributed by atoms with Gasteiger partial charge in [-0.1, -0.05) is 35.9 Å². The van der Waals surface area contributed by atoms with Gasteiger partial charge in [0.25, 0.3) is 5.91 Å². The molecule has 32 heavy (non-hydrogen) atoms. The van der Waals surface area contributed by atoms with E-state index in [4.69, 9.17) is 14.5 Å². The highest BCUT2D eigenvalue weighted by Gasteiger charge is 2.15. The van der Waals surface area contributed by atoms with Crippen LogP contribution >= 0.6 is 0 Å². The minimum Gasteiger partial charge on any atom is -0.493 e. The predicted octanol–water partition coefficient (Wildman–Crippen LogP) is 4.65. The first-order chi connectivity index (χ1) is 15.5. The predicted molar refractivity (Wildman–Crippen MR) is 125 cm³/mol. The van der Waals surface area contributed by atoms with Crippen LogP contribution in [0.5, 0.6) is 11.5 Å². The van der Waals surface area contributed by atoms with Crippen LogP contribution in [0, 0.1) is 13.8 Å². The van der Waals surface area contributed by atoms with Crippen molar-refractivity contribution in [3.8, 4) is 11.5 Å². The third-order valence-corrected chi connectivity index (χ3v) is 5.62. The van der Waals surface area contributed by atoms with Crippen LogP contribution in [-0.4, -0.2) is 29.7 Å². The van der Waals surface area contributed by atoms with Crippen LogP contribution in [0.25, 0.3) is 11.0 Å². The number of rotatable bonds is 7. The lowest BCUT2D eigenvalue weighted by Gasteiger charge is -2.13. The van der Waals surface area contributed by atoms with Gasteiger partial charge in [-0.3, -0.25) is 4.79 Å². The van der Waals surface area contributed by atoms with Gasteiger partial charge in [0.15, 0.2) is 11.5 Å². The van der Waals surface area contributed by atoms with Crippen molar-refractivity contribution < 1.29 is 14.3 Å². The monoisotopic (exact) mass is 429 g/mol. The van der Waals surface area contributed by atoms with Crippen molar-refractivity contribution in [2.75, 3.05) is 14.2 Å². The molecular weight excluding hydrogens is 402 g/mol. The molecule has 0 unspecified atom stereocenters. The molecule has 0 aliphatic rings. The molecule has 1 heterocycles. The minimum atomic E-state index is -0.198. The first kappa shape index (κ1) is 21.4. The van der Waals surface area contributed by atoms with E-state index in [1.807, 2.05) is 18.2 Å². The molecule has 6 heteroatoms. The topological polar surface area (TPSA) is 65.4 Å². The first-order valence-corrected chi connectivity index (χ1v) is 10.5. The highest BCUT2D eigenvalue weighted by atomic mass is 16.5. The van der Waals surface area contributed by atoms with Gasteiger partial charge in [-0.05, 0) is 55.3 Å². The van der Waals surface area contributed by atoms with Crippen molar-refractivity contribution in [2.45, 2.75) is 26.9 Å². The maximum Gasteiger partial charge on any atom is 0.251 e. The molecule has 0 radical (unpaired) electrons. The number of carbonyl (C=O) groups excluding carboxylic acids is 1. The molecule has 0 saturated heterocycles.